The van der Waals surface area contributed by atoms with Gasteiger partial charge in [0.1, 0.15) is 0 Å². The van der Waals surface area contributed by atoms with Gasteiger partial charge in [0, 0.05) is 18.1 Å². The Hall–Kier alpha value is -1.36. The maximum absolute atomic E-state index is 10.8. The Morgan fingerprint density at radius 3 is 2.83 bits per heavy atom. The van der Waals surface area contributed by atoms with Gasteiger partial charge in [-0.3, -0.25) is 14.9 Å². The van der Waals surface area contributed by atoms with E-state index in [1.807, 2.05) is 0 Å². The lowest BCUT2D eigenvalue weighted by atomic mass is 10.3. The van der Waals surface area contributed by atoms with E-state index in [1.165, 1.54) is 6.20 Å². The number of nitro groups is 1. The number of rotatable bonds is 2. The van der Waals surface area contributed by atoms with E-state index in [0.29, 0.717) is 5.56 Å². The third kappa shape index (κ3) is 1.62. The summed E-state index contributed by atoms with van der Waals surface area (Å²) in [6, 6.07) is 1.16. The summed E-state index contributed by atoms with van der Waals surface area (Å²) in [7, 11) is 0. The highest BCUT2D eigenvalue weighted by Crippen LogP contribution is 2.07. The number of aromatic nitrogens is 1. The zero-order valence-electron chi connectivity index (χ0n) is 5.91. The SMILES string of the molecule is O=c1[nH]cc(CCl)cc1[N+](=O)[O-]. The molecule has 5 nitrogen and oxygen atoms in total. The molecule has 0 aromatic carbocycles. The molecule has 0 saturated carbocycles. The molecule has 6 heteroatoms. The maximum atomic E-state index is 10.8. The van der Waals surface area contributed by atoms with Crippen molar-refractivity contribution in [2.75, 3.05) is 0 Å². The van der Waals surface area contributed by atoms with Crippen LogP contribution in [0.25, 0.3) is 0 Å². The molecule has 1 rings (SSSR count). The monoisotopic (exact) mass is 188 g/mol. The quantitative estimate of drug-likeness (QED) is 0.428. The standard InChI is InChI=1S/C6H5ClN2O3/c7-2-4-1-5(9(11)12)6(10)8-3-4/h1,3H,2H2,(H,8,10). The molecule has 0 fully saturated rings. The fourth-order valence-electron chi connectivity index (χ4n) is 0.728. The van der Waals surface area contributed by atoms with Gasteiger partial charge in [-0.1, -0.05) is 0 Å². The number of nitrogens with one attached hydrogen (secondary N) is 1. The molecule has 1 N–H and O–H groups in total. The van der Waals surface area contributed by atoms with Gasteiger partial charge in [0.05, 0.1) is 4.92 Å². The van der Waals surface area contributed by atoms with E-state index in [0.717, 1.165) is 6.07 Å². The number of H-pyrrole nitrogens is 1. The van der Waals surface area contributed by atoms with Crippen LogP contribution in [0.2, 0.25) is 0 Å². The Balaban J connectivity index is 3.26. The Bertz CT molecular complexity index is 360. The van der Waals surface area contributed by atoms with Crippen molar-refractivity contribution in [1.82, 2.24) is 4.98 Å². The first kappa shape index (κ1) is 8.73. The summed E-state index contributed by atoms with van der Waals surface area (Å²) in [5, 5.41) is 10.2. The molecule has 1 aromatic rings. The highest BCUT2D eigenvalue weighted by atomic mass is 35.5. The average Bonchev–Trinajstić information content (AvgIpc) is 2.05. The van der Waals surface area contributed by atoms with Gasteiger partial charge in [-0.2, -0.15) is 0 Å². The second-order valence-corrected chi connectivity index (χ2v) is 2.38. The Labute approximate surface area is 72.1 Å². The molecule has 0 radical (unpaired) electrons. The first-order chi connectivity index (χ1) is 5.65. The minimum absolute atomic E-state index is 0.137. The van der Waals surface area contributed by atoms with E-state index < -0.39 is 16.2 Å². The average molecular weight is 189 g/mol. The fraction of sp³-hybridized carbons (Fsp3) is 0.167. The van der Waals surface area contributed by atoms with Crippen molar-refractivity contribution >= 4 is 17.3 Å². The van der Waals surface area contributed by atoms with E-state index in [-0.39, 0.29) is 5.88 Å². The van der Waals surface area contributed by atoms with Gasteiger partial charge in [0.25, 0.3) is 0 Å². The topological polar surface area (TPSA) is 76.0 Å². The highest BCUT2D eigenvalue weighted by molar-refractivity contribution is 6.17. The first-order valence-electron chi connectivity index (χ1n) is 3.07. The van der Waals surface area contributed by atoms with Gasteiger partial charge < -0.3 is 4.98 Å². The molecule has 0 bridgehead atoms. The van der Waals surface area contributed by atoms with Crippen molar-refractivity contribution < 1.29 is 4.92 Å². The molecule has 0 saturated heterocycles. The number of hydrogen-bond donors (Lipinski definition) is 1. The van der Waals surface area contributed by atoms with Crippen LogP contribution in [0.5, 0.6) is 0 Å². The molecule has 0 atom stereocenters. The summed E-state index contributed by atoms with van der Waals surface area (Å²) in [4.78, 5) is 22.5. The number of hydrogen-bond acceptors (Lipinski definition) is 3. The van der Waals surface area contributed by atoms with Gasteiger partial charge in [-0.05, 0) is 5.56 Å². The number of aromatic amines is 1. The minimum Gasteiger partial charge on any atom is -0.323 e. The molecule has 1 heterocycles. The normalized spacial score (nSPS) is 9.75. The van der Waals surface area contributed by atoms with Crippen molar-refractivity contribution in [1.29, 1.82) is 0 Å². The van der Waals surface area contributed by atoms with Gasteiger partial charge in [-0.25, -0.2) is 0 Å². The number of nitrogens with zero attached hydrogens (tertiary/aromatic N) is 1. The third-order valence-electron chi connectivity index (χ3n) is 1.29. The van der Waals surface area contributed by atoms with Gasteiger partial charge in [0.2, 0.25) is 0 Å². The van der Waals surface area contributed by atoms with E-state index in [2.05, 4.69) is 4.98 Å². The van der Waals surface area contributed by atoms with Crippen molar-refractivity contribution in [2.24, 2.45) is 0 Å². The predicted octanol–water partition coefficient (Wildman–Crippen LogP) is 1.02. The van der Waals surface area contributed by atoms with Crippen molar-refractivity contribution in [3.05, 3.63) is 38.3 Å². The summed E-state index contributed by atoms with van der Waals surface area (Å²) in [6.07, 6.45) is 1.35. The van der Waals surface area contributed by atoms with Crippen LogP contribution in [0.4, 0.5) is 5.69 Å². The van der Waals surface area contributed by atoms with Crippen LogP contribution in [0.15, 0.2) is 17.1 Å². The lowest BCUT2D eigenvalue weighted by Crippen LogP contribution is -2.11. The lowest BCUT2D eigenvalue weighted by molar-refractivity contribution is -0.386. The molecule has 0 aliphatic rings. The molecule has 12 heavy (non-hydrogen) atoms. The summed E-state index contributed by atoms with van der Waals surface area (Å²) in [5.74, 6) is 0.137. The van der Waals surface area contributed by atoms with Crippen LogP contribution in [0.3, 0.4) is 0 Å². The first-order valence-corrected chi connectivity index (χ1v) is 3.60. The minimum atomic E-state index is -0.741. The fourth-order valence-corrected chi connectivity index (χ4v) is 0.882. The predicted molar refractivity (Wildman–Crippen MR) is 43.3 cm³/mol. The third-order valence-corrected chi connectivity index (χ3v) is 1.60. The van der Waals surface area contributed by atoms with Gasteiger partial charge >= 0.3 is 11.2 Å². The number of halogens is 1. The summed E-state index contributed by atoms with van der Waals surface area (Å²) < 4.78 is 0. The van der Waals surface area contributed by atoms with Gasteiger partial charge in [0.15, 0.2) is 0 Å². The molecule has 0 unspecified atom stereocenters. The molecular weight excluding hydrogens is 184 g/mol. The van der Waals surface area contributed by atoms with Gasteiger partial charge in [-0.15, -0.1) is 11.6 Å². The van der Waals surface area contributed by atoms with Crippen LogP contribution in [-0.2, 0) is 5.88 Å². The zero-order valence-corrected chi connectivity index (χ0v) is 6.67. The van der Waals surface area contributed by atoms with Crippen molar-refractivity contribution in [3.8, 4) is 0 Å². The molecule has 0 aliphatic heterocycles. The van der Waals surface area contributed by atoms with Crippen molar-refractivity contribution in [3.63, 3.8) is 0 Å². The maximum Gasteiger partial charge on any atom is 0.334 e. The van der Waals surface area contributed by atoms with E-state index in [9.17, 15) is 14.9 Å². The zero-order chi connectivity index (χ0) is 9.14. The van der Waals surface area contributed by atoms with Crippen LogP contribution in [0.1, 0.15) is 5.56 Å². The summed E-state index contributed by atoms with van der Waals surface area (Å²) in [5.41, 5.74) is -0.676. The Morgan fingerprint density at radius 2 is 2.33 bits per heavy atom. The number of pyridine rings is 1. The lowest BCUT2D eigenvalue weighted by Gasteiger charge is -1.93. The van der Waals surface area contributed by atoms with Crippen LogP contribution >= 0.6 is 11.6 Å². The Morgan fingerprint density at radius 1 is 1.67 bits per heavy atom. The van der Waals surface area contributed by atoms with Crippen LogP contribution < -0.4 is 5.56 Å². The smallest absolute Gasteiger partial charge is 0.323 e. The Kier molecular flexibility index (Phi) is 2.44. The van der Waals surface area contributed by atoms with E-state index in [4.69, 9.17) is 11.6 Å². The molecule has 1 aromatic heterocycles. The molecule has 0 spiro atoms. The van der Waals surface area contributed by atoms with Crippen LogP contribution in [0, 0.1) is 10.1 Å². The highest BCUT2D eigenvalue weighted by Gasteiger charge is 2.11. The summed E-state index contributed by atoms with van der Waals surface area (Å²) >= 11 is 5.41. The second-order valence-electron chi connectivity index (χ2n) is 2.11. The molecule has 0 amide bonds. The second kappa shape index (κ2) is 3.36. The number of alkyl halides is 1. The van der Waals surface area contributed by atoms with E-state index in [1.54, 1.807) is 0 Å². The molecule has 0 aliphatic carbocycles. The summed E-state index contributed by atoms with van der Waals surface area (Å²) in [6.45, 7) is 0. The van der Waals surface area contributed by atoms with Crippen LogP contribution in [-0.4, -0.2) is 9.91 Å². The van der Waals surface area contributed by atoms with E-state index >= 15 is 0 Å². The van der Waals surface area contributed by atoms with Crippen molar-refractivity contribution in [2.45, 2.75) is 5.88 Å². The molecule has 64 valence electrons. The molecular formula is C6H5ClN2O3. The largest absolute Gasteiger partial charge is 0.334 e.